The fourth-order valence-corrected chi connectivity index (χ4v) is 0.883. The van der Waals surface area contributed by atoms with Crippen molar-refractivity contribution < 1.29 is 5.11 Å². The number of unbranched alkanes of at least 4 members (excludes halogenated alkanes) is 1. The molecule has 1 aromatic rings. The average molecular weight is 182 g/mol. The van der Waals surface area contributed by atoms with Gasteiger partial charge in [0.05, 0.1) is 12.4 Å². The SMILES string of the molecule is Nc1cnc(NCCCCO)cn1. The zero-order valence-corrected chi connectivity index (χ0v) is 7.40. The van der Waals surface area contributed by atoms with Crippen LogP contribution in [-0.4, -0.2) is 28.2 Å². The van der Waals surface area contributed by atoms with E-state index in [-0.39, 0.29) is 6.61 Å². The van der Waals surface area contributed by atoms with Gasteiger partial charge in [-0.25, -0.2) is 9.97 Å². The Morgan fingerprint density at radius 2 is 2.15 bits per heavy atom. The number of aliphatic hydroxyl groups is 1. The average Bonchev–Trinajstić information content (AvgIpc) is 2.15. The van der Waals surface area contributed by atoms with Crippen molar-refractivity contribution in [2.75, 3.05) is 24.2 Å². The van der Waals surface area contributed by atoms with Gasteiger partial charge in [-0.05, 0) is 12.8 Å². The van der Waals surface area contributed by atoms with Crippen molar-refractivity contribution in [1.29, 1.82) is 0 Å². The molecule has 1 aromatic heterocycles. The van der Waals surface area contributed by atoms with Crippen LogP contribution in [-0.2, 0) is 0 Å². The van der Waals surface area contributed by atoms with Crippen LogP contribution in [0.4, 0.5) is 11.6 Å². The summed E-state index contributed by atoms with van der Waals surface area (Å²) in [6.07, 6.45) is 4.82. The monoisotopic (exact) mass is 182 g/mol. The summed E-state index contributed by atoms with van der Waals surface area (Å²) >= 11 is 0. The molecule has 0 aromatic carbocycles. The van der Waals surface area contributed by atoms with Crippen molar-refractivity contribution >= 4 is 11.6 Å². The van der Waals surface area contributed by atoms with E-state index in [2.05, 4.69) is 15.3 Å². The molecule has 0 unspecified atom stereocenters. The predicted octanol–water partition coefficient (Wildman–Crippen LogP) is 0.243. The van der Waals surface area contributed by atoms with Crippen molar-refractivity contribution in [1.82, 2.24) is 9.97 Å². The lowest BCUT2D eigenvalue weighted by Gasteiger charge is -2.03. The summed E-state index contributed by atoms with van der Waals surface area (Å²) in [5, 5.41) is 11.6. The van der Waals surface area contributed by atoms with Gasteiger partial charge in [-0.2, -0.15) is 0 Å². The van der Waals surface area contributed by atoms with Gasteiger partial charge in [0.15, 0.2) is 0 Å². The van der Waals surface area contributed by atoms with Gasteiger partial charge in [0.25, 0.3) is 0 Å². The quantitative estimate of drug-likeness (QED) is 0.568. The number of hydrogen-bond donors (Lipinski definition) is 3. The Kier molecular flexibility index (Phi) is 3.98. The van der Waals surface area contributed by atoms with E-state index in [1.807, 2.05) is 0 Å². The van der Waals surface area contributed by atoms with Gasteiger partial charge in [0.2, 0.25) is 0 Å². The van der Waals surface area contributed by atoms with Gasteiger partial charge in [-0.1, -0.05) is 0 Å². The molecule has 5 heteroatoms. The van der Waals surface area contributed by atoms with Crippen LogP contribution in [0.2, 0.25) is 0 Å². The van der Waals surface area contributed by atoms with Crippen LogP contribution >= 0.6 is 0 Å². The maximum Gasteiger partial charge on any atom is 0.144 e. The summed E-state index contributed by atoms with van der Waals surface area (Å²) in [5.41, 5.74) is 5.37. The van der Waals surface area contributed by atoms with Gasteiger partial charge in [-0.15, -0.1) is 0 Å². The molecule has 0 spiro atoms. The molecule has 1 rings (SSSR count). The lowest BCUT2D eigenvalue weighted by molar-refractivity contribution is 0.286. The van der Waals surface area contributed by atoms with Crippen molar-refractivity contribution in [2.24, 2.45) is 0 Å². The van der Waals surface area contributed by atoms with Crippen molar-refractivity contribution in [3.63, 3.8) is 0 Å². The summed E-state index contributed by atoms with van der Waals surface area (Å²) in [5.74, 6) is 1.13. The molecule has 13 heavy (non-hydrogen) atoms. The smallest absolute Gasteiger partial charge is 0.144 e. The molecule has 0 fully saturated rings. The van der Waals surface area contributed by atoms with Crippen LogP contribution in [0.3, 0.4) is 0 Å². The molecule has 1 heterocycles. The van der Waals surface area contributed by atoms with Crippen LogP contribution in [0.15, 0.2) is 12.4 Å². The number of aromatic nitrogens is 2. The Hall–Kier alpha value is -1.36. The van der Waals surface area contributed by atoms with Crippen molar-refractivity contribution in [2.45, 2.75) is 12.8 Å². The molecule has 0 bridgehead atoms. The maximum absolute atomic E-state index is 8.53. The van der Waals surface area contributed by atoms with Crippen molar-refractivity contribution in [3.05, 3.63) is 12.4 Å². The summed E-state index contributed by atoms with van der Waals surface area (Å²) in [6, 6.07) is 0. The van der Waals surface area contributed by atoms with E-state index in [9.17, 15) is 0 Å². The van der Waals surface area contributed by atoms with Crippen LogP contribution < -0.4 is 11.1 Å². The highest BCUT2D eigenvalue weighted by molar-refractivity contribution is 5.35. The number of aliphatic hydroxyl groups excluding tert-OH is 1. The van der Waals surface area contributed by atoms with E-state index in [0.717, 1.165) is 19.4 Å². The Labute approximate surface area is 77.0 Å². The van der Waals surface area contributed by atoms with Crippen LogP contribution in [0.1, 0.15) is 12.8 Å². The number of nitrogens with one attached hydrogen (secondary N) is 1. The molecule has 0 saturated carbocycles. The predicted molar refractivity (Wildman–Crippen MR) is 51.3 cm³/mol. The number of hydrogen-bond acceptors (Lipinski definition) is 5. The van der Waals surface area contributed by atoms with Gasteiger partial charge in [-0.3, -0.25) is 0 Å². The Morgan fingerprint density at radius 1 is 1.31 bits per heavy atom. The summed E-state index contributed by atoms with van der Waals surface area (Å²) in [4.78, 5) is 7.90. The minimum Gasteiger partial charge on any atom is -0.396 e. The second-order valence-electron chi connectivity index (χ2n) is 2.68. The normalized spacial score (nSPS) is 9.92. The third-order valence-electron chi connectivity index (χ3n) is 1.56. The van der Waals surface area contributed by atoms with E-state index < -0.39 is 0 Å². The topological polar surface area (TPSA) is 84.1 Å². The Morgan fingerprint density at radius 3 is 2.77 bits per heavy atom. The number of nitrogen functional groups attached to an aromatic ring is 1. The van der Waals surface area contributed by atoms with Gasteiger partial charge >= 0.3 is 0 Å². The standard InChI is InChI=1S/C8H14N4O/c9-7-5-12-8(6-11-7)10-3-1-2-4-13/h5-6,13H,1-4H2,(H2,9,11)(H,10,12). The third-order valence-corrected chi connectivity index (χ3v) is 1.56. The molecular weight excluding hydrogens is 168 g/mol. The summed E-state index contributed by atoms with van der Waals surface area (Å²) in [7, 11) is 0. The fourth-order valence-electron chi connectivity index (χ4n) is 0.883. The van der Waals surface area contributed by atoms with Gasteiger partial charge < -0.3 is 16.2 Å². The fraction of sp³-hybridized carbons (Fsp3) is 0.500. The zero-order valence-electron chi connectivity index (χ0n) is 7.40. The number of anilines is 2. The largest absolute Gasteiger partial charge is 0.396 e. The molecule has 4 N–H and O–H groups in total. The van der Waals surface area contributed by atoms with Gasteiger partial charge in [0, 0.05) is 13.2 Å². The van der Waals surface area contributed by atoms with Crippen molar-refractivity contribution in [3.8, 4) is 0 Å². The number of nitrogens with zero attached hydrogens (tertiary/aromatic N) is 2. The molecule has 0 radical (unpaired) electrons. The molecule has 0 aliphatic rings. The van der Waals surface area contributed by atoms with E-state index in [0.29, 0.717) is 11.6 Å². The lowest BCUT2D eigenvalue weighted by atomic mass is 10.3. The highest BCUT2D eigenvalue weighted by atomic mass is 16.2. The van der Waals surface area contributed by atoms with Crippen LogP contribution in [0.5, 0.6) is 0 Å². The Bertz CT molecular complexity index is 236. The lowest BCUT2D eigenvalue weighted by Crippen LogP contribution is -2.04. The molecule has 0 aliphatic heterocycles. The minimum atomic E-state index is 0.231. The molecule has 72 valence electrons. The van der Waals surface area contributed by atoms with E-state index in [4.69, 9.17) is 10.8 Å². The first-order valence-corrected chi connectivity index (χ1v) is 4.25. The van der Waals surface area contributed by atoms with E-state index in [1.54, 1.807) is 6.20 Å². The first-order valence-electron chi connectivity index (χ1n) is 4.25. The minimum absolute atomic E-state index is 0.231. The Balaban J connectivity index is 2.25. The second kappa shape index (κ2) is 5.31. The number of nitrogens with two attached hydrogens (primary N) is 1. The van der Waals surface area contributed by atoms with Crippen LogP contribution in [0.25, 0.3) is 0 Å². The highest BCUT2D eigenvalue weighted by Crippen LogP contribution is 2.01. The molecule has 0 atom stereocenters. The second-order valence-corrected chi connectivity index (χ2v) is 2.68. The first kappa shape index (κ1) is 9.73. The van der Waals surface area contributed by atoms with Gasteiger partial charge in [0.1, 0.15) is 11.6 Å². The van der Waals surface area contributed by atoms with E-state index >= 15 is 0 Å². The maximum atomic E-state index is 8.53. The molecule has 0 saturated heterocycles. The third kappa shape index (κ3) is 3.71. The number of rotatable bonds is 5. The first-order chi connectivity index (χ1) is 6.33. The molecule has 0 aliphatic carbocycles. The molecule has 0 amide bonds. The zero-order chi connectivity index (χ0) is 9.52. The molecule has 5 nitrogen and oxygen atoms in total. The van der Waals surface area contributed by atoms with Crippen LogP contribution in [0, 0.1) is 0 Å². The summed E-state index contributed by atoms with van der Waals surface area (Å²) < 4.78 is 0. The van der Waals surface area contributed by atoms with E-state index in [1.165, 1.54) is 6.20 Å². The highest BCUT2D eigenvalue weighted by Gasteiger charge is 1.92. The summed E-state index contributed by atoms with van der Waals surface area (Å²) in [6.45, 7) is 1.02. The molecular formula is C8H14N4O.